The van der Waals surface area contributed by atoms with E-state index >= 15 is 0 Å². The maximum Gasteiger partial charge on any atom is 1.00 e. The van der Waals surface area contributed by atoms with E-state index in [9.17, 15) is 14.7 Å². The first-order chi connectivity index (χ1) is 16.4. The van der Waals surface area contributed by atoms with Crippen LogP contribution in [0.3, 0.4) is 0 Å². The van der Waals surface area contributed by atoms with Gasteiger partial charge in [0, 0.05) is 41.7 Å². The number of benzene rings is 2. The molecule has 0 aliphatic rings. The normalized spacial score (nSPS) is 11.7. The molecule has 3 aromatic rings. The number of carbonyl (C=O) groups excluding carboxylic acids is 2. The SMILES string of the molecule is CCCCC(Nc1cccc(C(=O)c2cn(CCCC(=O)[O-])cc2C(C)C)c1)c1ccccc1.[Na+]. The fraction of sp³-hybridized carbons (Fsp3) is 0.379. The Morgan fingerprint density at radius 3 is 2.40 bits per heavy atom. The van der Waals surface area contributed by atoms with Gasteiger partial charge in [0.15, 0.2) is 5.78 Å². The first kappa shape index (κ1) is 28.9. The molecule has 0 amide bonds. The summed E-state index contributed by atoms with van der Waals surface area (Å²) >= 11 is 0. The number of nitrogens with zero attached hydrogens (tertiary/aromatic N) is 1. The van der Waals surface area contributed by atoms with Crippen LogP contribution >= 0.6 is 0 Å². The van der Waals surface area contributed by atoms with E-state index in [1.807, 2.05) is 47.3 Å². The van der Waals surface area contributed by atoms with E-state index in [2.05, 4.69) is 50.4 Å². The Morgan fingerprint density at radius 2 is 1.74 bits per heavy atom. The van der Waals surface area contributed by atoms with Crippen molar-refractivity contribution in [2.75, 3.05) is 5.32 Å². The van der Waals surface area contributed by atoms with Crippen molar-refractivity contribution in [1.29, 1.82) is 0 Å². The standard InChI is InChI=1S/C29H36N2O3.Na/c1-4-5-15-27(22-11-7-6-8-12-22)30-24-14-9-13-23(18-24)29(34)26-20-31(17-10-16-28(32)33)19-25(26)21(2)3;/h6-9,11-14,18-21,27,30H,4-5,10,15-17H2,1-3H3,(H,32,33);/q;+1/p-1. The molecule has 6 heteroatoms. The molecule has 0 saturated carbocycles. The van der Waals surface area contributed by atoms with Gasteiger partial charge in [-0.05, 0) is 48.4 Å². The minimum Gasteiger partial charge on any atom is -0.550 e. The predicted octanol–water partition coefficient (Wildman–Crippen LogP) is 2.72. The minimum absolute atomic E-state index is 0. The van der Waals surface area contributed by atoms with Gasteiger partial charge < -0.3 is 19.8 Å². The van der Waals surface area contributed by atoms with E-state index < -0.39 is 5.97 Å². The van der Waals surface area contributed by atoms with Gasteiger partial charge in [-0.15, -0.1) is 0 Å². The summed E-state index contributed by atoms with van der Waals surface area (Å²) in [5.41, 5.74) is 4.45. The molecule has 1 aromatic heterocycles. The Balaban J connectivity index is 0.00000432. The molecule has 35 heavy (non-hydrogen) atoms. The van der Waals surface area contributed by atoms with Gasteiger partial charge in [0.2, 0.25) is 0 Å². The number of carboxylic acid groups (broad SMARTS) is 1. The summed E-state index contributed by atoms with van der Waals surface area (Å²) in [6, 6.07) is 18.3. The molecule has 180 valence electrons. The van der Waals surface area contributed by atoms with Gasteiger partial charge in [-0.25, -0.2) is 0 Å². The molecular weight excluding hydrogens is 447 g/mol. The summed E-state index contributed by atoms with van der Waals surface area (Å²) in [6.07, 6.45) is 7.56. The number of hydrogen-bond acceptors (Lipinski definition) is 4. The van der Waals surface area contributed by atoms with Crippen LogP contribution in [0.25, 0.3) is 0 Å². The Morgan fingerprint density at radius 1 is 1.00 bits per heavy atom. The zero-order valence-corrected chi connectivity index (χ0v) is 23.4. The number of carbonyl (C=O) groups is 2. The second kappa shape index (κ2) is 14.3. The topological polar surface area (TPSA) is 74.2 Å². The third-order valence-corrected chi connectivity index (χ3v) is 6.09. The molecule has 1 unspecified atom stereocenters. The summed E-state index contributed by atoms with van der Waals surface area (Å²) in [5, 5.41) is 14.4. The van der Waals surface area contributed by atoms with Crippen molar-refractivity contribution in [3.63, 3.8) is 0 Å². The summed E-state index contributed by atoms with van der Waals surface area (Å²) in [6.45, 7) is 6.86. The monoisotopic (exact) mass is 482 g/mol. The van der Waals surface area contributed by atoms with Crippen molar-refractivity contribution in [3.05, 3.63) is 89.2 Å². The van der Waals surface area contributed by atoms with E-state index in [1.54, 1.807) is 0 Å². The van der Waals surface area contributed by atoms with Gasteiger partial charge in [0.25, 0.3) is 0 Å². The zero-order valence-electron chi connectivity index (χ0n) is 21.4. The van der Waals surface area contributed by atoms with Gasteiger partial charge in [0.05, 0.1) is 6.04 Å². The predicted molar refractivity (Wildman–Crippen MR) is 135 cm³/mol. The third-order valence-electron chi connectivity index (χ3n) is 6.09. The van der Waals surface area contributed by atoms with Crippen LogP contribution in [0.4, 0.5) is 5.69 Å². The molecule has 3 rings (SSSR count). The van der Waals surface area contributed by atoms with Gasteiger partial charge in [-0.3, -0.25) is 4.79 Å². The molecule has 0 fully saturated rings. The van der Waals surface area contributed by atoms with E-state index in [-0.39, 0.29) is 53.7 Å². The van der Waals surface area contributed by atoms with Crippen molar-refractivity contribution >= 4 is 17.4 Å². The Bertz CT molecular complexity index is 1090. The number of aromatic nitrogens is 1. The number of rotatable bonds is 13. The largest absolute Gasteiger partial charge is 1.00 e. The van der Waals surface area contributed by atoms with Crippen molar-refractivity contribution in [2.45, 2.75) is 71.4 Å². The van der Waals surface area contributed by atoms with Crippen LogP contribution in [0.1, 0.15) is 91.9 Å². The van der Waals surface area contributed by atoms with E-state index in [0.717, 1.165) is 30.5 Å². The summed E-state index contributed by atoms with van der Waals surface area (Å²) in [7, 11) is 0. The van der Waals surface area contributed by atoms with Crippen LogP contribution in [-0.2, 0) is 11.3 Å². The zero-order chi connectivity index (χ0) is 24.5. The summed E-state index contributed by atoms with van der Waals surface area (Å²) in [4.78, 5) is 24.2. The molecule has 1 heterocycles. The first-order valence-corrected chi connectivity index (χ1v) is 12.2. The number of ketones is 1. The molecule has 0 spiro atoms. The molecule has 0 aliphatic heterocycles. The second-order valence-corrected chi connectivity index (χ2v) is 9.16. The average Bonchev–Trinajstić information content (AvgIpc) is 3.26. The summed E-state index contributed by atoms with van der Waals surface area (Å²) < 4.78 is 1.92. The molecule has 2 aromatic carbocycles. The van der Waals surface area contributed by atoms with Crippen molar-refractivity contribution in [1.82, 2.24) is 4.57 Å². The molecule has 0 aliphatic carbocycles. The molecule has 1 atom stereocenters. The number of nitrogens with one attached hydrogen (secondary N) is 1. The number of aryl methyl sites for hydroxylation is 1. The van der Waals surface area contributed by atoms with E-state index in [4.69, 9.17) is 0 Å². The molecule has 0 radical (unpaired) electrons. The fourth-order valence-corrected chi connectivity index (χ4v) is 4.23. The van der Waals surface area contributed by atoms with Crippen molar-refractivity contribution in [2.24, 2.45) is 0 Å². The smallest absolute Gasteiger partial charge is 0.550 e. The van der Waals surface area contributed by atoms with Gasteiger partial charge in [-0.1, -0.05) is 76.1 Å². The van der Waals surface area contributed by atoms with Crippen LogP contribution in [0.2, 0.25) is 0 Å². The Hall–Kier alpha value is -2.34. The number of anilines is 1. The van der Waals surface area contributed by atoms with Gasteiger partial charge >= 0.3 is 29.6 Å². The minimum atomic E-state index is -1.05. The molecule has 0 bridgehead atoms. The van der Waals surface area contributed by atoms with Crippen LogP contribution in [0, 0.1) is 0 Å². The molecule has 0 saturated heterocycles. The van der Waals surface area contributed by atoms with Crippen molar-refractivity contribution < 1.29 is 44.3 Å². The average molecular weight is 483 g/mol. The Labute approximate surface area is 231 Å². The molecule has 5 nitrogen and oxygen atoms in total. The maximum atomic E-state index is 13.5. The number of aliphatic carboxylic acids is 1. The maximum absolute atomic E-state index is 13.5. The van der Waals surface area contributed by atoms with Crippen LogP contribution in [-0.4, -0.2) is 16.3 Å². The number of unbranched alkanes of at least 4 members (excludes halogenated alkanes) is 1. The summed E-state index contributed by atoms with van der Waals surface area (Å²) in [5.74, 6) is -0.889. The number of hydrogen-bond donors (Lipinski definition) is 1. The first-order valence-electron chi connectivity index (χ1n) is 12.2. The van der Waals surface area contributed by atoms with Crippen LogP contribution < -0.4 is 40.0 Å². The fourth-order valence-electron chi connectivity index (χ4n) is 4.23. The second-order valence-electron chi connectivity index (χ2n) is 9.16. The van der Waals surface area contributed by atoms with Gasteiger partial charge in [0.1, 0.15) is 0 Å². The van der Waals surface area contributed by atoms with Gasteiger partial charge in [-0.2, -0.15) is 0 Å². The van der Waals surface area contributed by atoms with E-state index in [1.165, 1.54) is 5.56 Å². The molecular formula is C29H35N2NaO3. The van der Waals surface area contributed by atoms with Crippen molar-refractivity contribution in [3.8, 4) is 0 Å². The van der Waals surface area contributed by atoms with Crippen LogP contribution in [0.5, 0.6) is 0 Å². The van der Waals surface area contributed by atoms with Crippen LogP contribution in [0.15, 0.2) is 67.0 Å². The Kier molecular flexibility index (Phi) is 11.8. The number of carboxylic acids is 1. The quantitative estimate of drug-likeness (QED) is 0.300. The van der Waals surface area contributed by atoms with E-state index in [0.29, 0.717) is 24.1 Å². The molecule has 1 N–H and O–H groups in total. The third kappa shape index (κ3) is 8.38.